The molecule has 1 aliphatic carbocycles. The smallest absolute Gasteiger partial charge is 0.257 e. The summed E-state index contributed by atoms with van der Waals surface area (Å²) in [5.74, 6) is 0.819. The van der Waals surface area contributed by atoms with E-state index in [9.17, 15) is 4.79 Å². The SMILES string of the molecule is [B]C1([B])OC2CCCC2NC(=O)c2cnn3c(NC)cc(nc23)Nc2cc1cc(NC)c2N. The molecule has 0 spiro atoms. The summed E-state index contributed by atoms with van der Waals surface area (Å²) in [5.41, 5.74) is 9.32. The van der Waals surface area contributed by atoms with Crippen LogP contribution in [0.2, 0.25) is 0 Å². The Balaban J connectivity index is 1.73. The molecule has 12 heteroatoms. The minimum Gasteiger partial charge on any atom is -0.395 e. The quantitative estimate of drug-likeness (QED) is 0.297. The molecule has 33 heavy (non-hydrogen) atoms. The van der Waals surface area contributed by atoms with Crippen molar-refractivity contribution < 1.29 is 9.53 Å². The van der Waals surface area contributed by atoms with Crippen LogP contribution in [0.4, 0.5) is 28.7 Å². The Morgan fingerprint density at radius 1 is 1.24 bits per heavy atom. The highest BCUT2D eigenvalue weighted by Crippen LogP contribution is 2.37. The zero-order valence-electron chi connectivity index (χ0n) is 18.5. The minimum absolute atomic E-state index is 0.246. The lowest BCUT2D eigenvalue weighted by Crippen LogP contribution is -2.45. The van der Waals surface area contributed by atoms with Gasteiger partial charge in [0.15, 0.2) is 5.65 Å². The van der Waals surface area contributed by atoms with Crippen LogP contribution in [0.5, 0.6) is 0 Å². The highest BCUT2D eigenvalue weighted by molar-refractivity contribution is 6.39. The van der Waals surface area contributed by atoms with Crippen molar-refractivity contribution in [1.82, 2.24) is 19.9 Å². The molecule has 2 aliphatic rings. The van der Waals surface area contributed by atoms with E-state index in [0.29, 0.717) is 45.5 Å². The lowest BCUT2D eigenvalue weighted by atomic mass is 9.60. The van der Waals surface area contributed by atoms with Crippen LogP contribution in [0.25, 0.3) is 5.65 Å². The molecule has 3 aromatic rings. The number of nitrogens with zero attached hydrogens (tertiary/aromatic N) is 3. The van der Waals surface area contributed by atoms with E-state index < -0.39 is 5.40 Å². The molecule has 3 heterocycles. The summed E-state index contributed by atoms with van der Waals surface area (Å²) < 4.78 is 7.75. The summed E-state index contributed by atoms with van der Waals surface area (Å²) in [6, 6.07) is 5.04. The number of hydrogen-bond donors (Lipinski definition) is 5. The number of amides is 1. The van der Waals surface area contributed by atoms with E-state index in [4.69, 9.17) is 26.2 Å². The van der Waals surface area contributed by atoms with E-state index in [1.54, 1.807) is 36.8 Å². The molecule has 1 fully saturated rings. The summed E-state index contributed by atoms with van der Waals surface area (Å²) in [6.45, 7) is 0. The first-order chi connectivity index (χ1) is 15.8. The Bertz CT molecular complexity index is 1240. The number of benzene rings is 1. The number of nitrogens with two attached hydrogens (primary N) is 1. The van der Waals surface area contributed by atoms with Crippen LogP contribution in [-0.2, 0) is 10.1 Å². The maximum Gasteiger partial charge on any atom is 0.257 e. The van der Waals surface area contributed by atoms with E-state index in [-0.39, 0.29) is 18.1 Å². The number of carbonyl (C=O) groups is 1. The van der Waals surface area contributed by atoms with Crippen molar-refractivity contribution in [2.24, 2.45) is 0 Å². The van der Waals surface area contributed by atoms with Gasteiger partial charge in [-0.2, -0.15) is 9.61 Å². The van der Waals surface area contributed by atoms with Gasteiger partial charge < -0.3 is 31.7 Å². The molecule has 4 bridgehead atoms. The second kappa shape index (κ2) is 7.87. The summed E-state index contributed by atoms with van der Waals surface area (Å²) in [4.78, 5) is 17.8. The standard InChI is InChI=1S/C21H24B2N8O2/c1-25-13-6-10-7-14(18(13)24)28-16-8-17(26-2)31-19(30-16)11(9-27-31)20(32)29-12-4-3-5-15(12)33-21(10,22)23/h6-9,12,15,25-26H,3-5,24H2,1-2H3,(H,28,30)(H,29,32). The third-order valence-electron chi connectivity index (χ3n) is 6.25. The van der Waals surface area contributed by atoms with Crippen molar-refractivity contribution in [3.63, 3.8) is 0 Å². The van der Waals surface area contributed by atoms with Crippen LogP contribution in [-0.4, -0.2) is 62.4 Å². The Morgan fingerprint density at radius 3 is 2.82 bits per heavy atom. The van der Waals surface area contributed by atoms with Crippen molar-refractivity contribution in [3.05, 3.63) is 35.5 Å². The average Bonchev–Trinajstić information content (AvgIpc) is 3.40. The Kier molecular flexibility index (Phi) is 5.12. The number of nitrogens with one attached hydrogen (secondary N) is 4. The number of aromatic nitrogens is 3. The normalized spacial score (nSPS) is 21.7. The third kappa shape index (κ3) is 3.64. The zero-order valence-corrected chi connectivity index (χ0v) is 18.5. The van der Waals surface area contributed by atoms with Crippen molar-refractivity contribution in [2.45, 2.75) is 36.8 Å². The van der Waals surface area contributed by atoms with Gasteiger partial charge in [-0.15, -0.1) is 0 Å². The largest absolute Gasteiger partial charge is 0.395 e. The predicted octanol–water partition coefficient (Wildman–Crippen LogP) is 1.27. The van der Waals surface area contributed by atoms with Gasteiger partial charge in [0.1, 0.15) is 32.9 Å². The molecule has 2 unspecified atom stereocenters. The van der Waals surface area contributed by atoms with Gasteiger partial charge in [0, 0.05) is 25.6 Å². The van der Waals surface area contributed by atoms with Crippen LogP contribution in [0.3, 0.4) is 0 Å². The fourth-order valence-corrected chi connectivity index (χ4v) is 4.49. The fourth-order valence-electron chi connectivity index (χ4n) is 4.49. The first-order valence-corrected chi connectivity index (χ1v) is 10.8. The number of ether oxygens (including phenoxy) is 1. The first kappa shape index (κ1) is 21.4. The maximum atomic E-state index is 13.2. The van der Waals surface area contributed by atoms with Gasteiger partial charge >= 0.3 is 0 Å². The lowest BCUT2D eigenvalue weighted by molar-refractivity contribution is -0.00590. The van der Waals surface area contributed by atoms with Gasteiger partial charge in [0.05, 0.1) is 35.4 Å². The number of fused-ring (bicyclic) bond motifs is 4. The molecule has 2 atom stereocenters. The number of nitrogen functional groups attached to an aromatic ring is 1. The molecule has 5 rings (SSSR count). The van der Waals surface area contributed by atoms with Crippen molar-refractivity contribution in [3.8, 4) is 0 Å². The van der Waals surface area contributed by atoms with Gasteiger partial charge in [0.25, 0.3) is 5.91 Å². The van der Waals surface area contributed by atoms with Gasteiger partial charge in [-0.3, -0.25) is 4.79 Å². The highest BCUT2D eigenvalue weighted by atomic mass is 16.5. The van der Waals surface area contributed by atoms with Crippen molar-refractivity contribution >= 4 is 55.9 Å². The molecule has 1 aliphatic heterocycles. The Morgan fingerprint density at radius 2 is 2.06 bits per heavy atom. The fraction of sp³-hybridized carbons (Fsp3) is 0.381. The molecule has 1 saturated carbocycles. The molecule has 2 aromatic heterocycles. The zero-order chi connectivity index (χ0) is 23.3. The summed E-state index contributed by atoms with van der Waals surface area (Å²) in [5, 5.41) is 15.2. The Labute approximate surface area is 193 Å². The molecule has 4 radical (unpaired) electrons. The molecule has 1 amide bonds. The molecule has 0 saturated heterocycles. The highest BCUT2D eigenvalue weighted by Gasteiger charge is 2.35. The second-order valence-electron chi connectivity index (χ2n) is 8.39. The van der Waals surface area contributed by atoms with Crippen LogP contribution < -0.4 is 27.0 Å². The topological polar surface area (TPSA) is 131 Å². The van der Waals surface area contributed by atoms with E-state index >= 15 is 0 Å². The van der Waals surface area contributed by atoms with E-state index in [2.05, 4.69) is 31.3 Å². The average molecular weight is 442 g/mol. The summed E-state index contributed by atoms with van der Waals surface area (Å²) in [6.07, 6.45) is 3.51. The van der Waals surface area contributed by atoms with Crippen molar-refractivity contribution in [1.29, 1.82) is 0 Å². The van der Waals surface area contributed by atoms with Gasteiger partial charge in [-0.1, -0.05) is 0 Å². The second-order valence-corrected chi connectivity index (χ2v) is 8.39. The molecule has 166 valence electrons. The first-order valence-electron chi connectivity index (χ1n) is 10.8. The maximum absolute atomic E-state index is 13.2. The number of rotatable bonds is 2. The number of carbonyl (C=O) groups excluding carboxylic acids is 1. The third-order valence-corrected chi connectivity index (χ3v) is 6.25. The molecular formula is C21H24B2N8O2. The summed E-state index contributed by atoms with van der Waals surface area (Å²) >= 11 is 0. The predicted molar refractivity (Wildman–Crippen MR) is 129 cm³/mol. The molecule has 1 aromatic carbocycles. The molecule has 10 nitrogen and oxygen atoms in total. The van der Waals surface area contributed by atoms with Gasteiger partial charge in [-0.05, 0) is 37.0 Å². The van der Waals surface area contributed by atoms with Gasteiger partial charge in [0.2, 0.25) is 0 Å². The molecule has 6 N–H and O–H groups in total. The van der Waals surface area contributed by atoms with Crippen LogP contribution in [0.1, 0.15) is 35.2 Å². The Hall–Kier alpha value is -3.40. The van der Waals surface area contributed by atoms with E-state index in [0.717, 1.165) is 19.3 Å². The summed E-state index contributed by atoms with van der Waals surface area (Å²) in [7, 11) is 16.4. The van der Waals surface area contributed by atoms with Crippen LogP contribution >= 0.6 is 0 Å². The van der Waals surface area contributed by atoms with Crippen LogP contribution in [0.15, 0.2) is 24.4 Å². The minimum atomic E-state index is -1.60. The monoisotopic (exact) mass is 442 g/mol. The van der Waals surface area contributed by atoms with Gasteiger partial charge in [-0.25, -0.2) is 4.98 Å². The number of anilines is 5. The van der Waals surface area contributed by atoms with Crippen molar-refractivity contribution in [2.75, 3.05) is 35.8 Å². The lowest BCUT2D eigenvalue weighted by Gasteiger charge is -2.35. The molecular weight excluding hydrogens is 418 g/mol. The van der Waals surface area contributed by atoms with E-state index in [1.165, 1.54) is 6.20 Å². The van der Waals surface area contributed by atoms with E-state index in [1.807, 2.05) is 0 Å². The van der Waals surface area contributed by atoms with Crippen LogP contribution in [0, 0.1) is 0 Å². The number of hydrogen-bond acceptors (Lipinski definition) is 8.